The molecule has 0 saturated carbocycles. The summed E-state index contributed by atoms with van der Waals surface area (Å²) in [6.45, 7) is 0. The number of carbonyl (C=O) groups is 2. The molecule has 4 nitrogen and oxygen atoms in total. The monoisotopic (exact) mass is 312 g/mol. The number of benzene rings is 1. The largest absolute Gasteiger partial charge is 0.478 e. The van der Waals surface area contributed by atoms with E-state index in [2.05, 4.69) is 20.7 Å². The van der Waals surface area contributed by atoms with Crippen molar-refractivity contribution in [2.24, 2.45) is 0 Å². The molecule has 0 aliphatic carbocycles. The van der Waals surface area contributed by atoms with Crippen LogP contribution in [0.25, 0.3) is 6.08 Å². The van der Waals surface area contributed by atoms with E-state index < -0.39 is 5.97 Å². The molecule has 0 aromatic heterocycles. The molecule has 0 fully saturated rings. The van der Waals surface area contributed by atoms with E-state index in [1.54, 1.807) is 6.07 Å². The maximum absolute atomic E-state index is 11.0. The summed E-state index contributed by atoms with van der Waals surface area (Å²) in [4.78, 5) is 21.5. The first-order valence-corrected chi connectivity index (χ1v) is 6.08. The van der Waals surface area contributed by atoms with Gasteiger partial charge in [0.25, 0.3) is 0 Å². The second kappa shape index (κ2) is 6.96. The highest BCUT2D eigenvalue weighted by Crippen LogP contribution is 2.18. The lowest BCUT2D eigenvalue weighted by atomic mass is 10.1. The molecule has 96 valence electrons. The third kappa shape index (κ3) is 5.14. The minimum atomic E-state index is -0.994. The first-order chi connectivity index (χ1) is 8.51. The normalized spacial score (nSPS) is 10.6. The molecule has 0 spiro atoms. The molecular formula is C13H13BrO4. The Hall–Kier alpha value is -1.62. The molecule has 0 amide bonds. The quantitative estimate of drug-likeness (QED) is 0.670. The standard InChI is InChI=1S/C13H13BrO4/c1-18-13(17)5-3-10-6-9(2-4-12(15)16)7-11(14)8-10/h2,4,6-8H,3,5H2,1H3,(H,15,16)/b4-2+. The molecule has 0 bridgehead atoms. The Morgan fingerprint density at radius 2 is 2.11 bits per heavy atom. The highest BCUT2D eigenvalue weighted by atomic mass is 79.9. The van der Waals surface area contributed by atoms with Crippen LogP contribution < -0.4 is 0 Å². The topological polar surface area (TPSA) is 63.6 Å². The van der Waals surface area contributed by atoms with E-state index in [-0.39, 0.29) is 5.97 Å². The lowest BCUT2D eigenvalue weighted by Crippen LogP contribution is -2.02. The molecule has 1 aromatic carbocycles. The number of rotatable bonds is 5. The molecule has 1 aromatic rings. The summed E-state index contributed by atoms with van der Waals surface area (Å²) in [5.74, 6) is -1.26. The molecule has 1 rings (SSSR count). The van der Waals surface area contributed by atoms with Gasteiger partial charge in [0.05, 0.1) is 7.11 Å². The van der Waals surface area contributed by atoms with Gasteiger partial charge >= 0.3 is 11.9 Å². The SMILES string of the molecule is COC(=O)CCc1cc(Br)cc(/C=C/C(=O)O)c1. The van der Waals surface area contributed by atoms with Gasteiger partial charge in [0, 0.05) is 17.0 Å². The van der Waals surface area contributed by atoms with Crippen molar-refractivity contribution in [1.29, 1.82) is 0 Å². The Morgan fingerprint density at radius 3 is 2.72 bits per heavy atom. The lowest BCUT2D eigenvalue weighted by molar-refractivity contribution is -0.140. The Morgan fingerprint density at radius 1 is 1.39 bits per heavy atom. The molecule has 18 heavy (non-hydrogen) atoms. The zero-order valence-corrected chi connectivity index (χ0v) is 11.4. The van der Waals surface area contributed by atoms with Crippen molar-refractivity contribution in [1.82, 2.24) is 0 Å². The van der Waals surface area contributed by atoms with Gasteiger partial charge in [0.2, 0.25) is 0 Å². The number of aliphatic carboxylic acids is 1. The van der Waals surface area contributed by atoms with Gasteiger partial charge in [-0.15, -0.1) is 0 Å². The molecule has 0 atom stereocenters. The zero-order valence-electron chi connectivity index (χ0n) is 9.85. The van der Waals surface area contributed by atoms with Gasteiger partial charge < -0.3 is 9.84 Å². The number of ether oxygens (including phenoxy) is 1. The number of hydrogen-bond donors (Lipinski definition) is 1. The zero-order chi connectivity index (χ0) is 13.5. The van der Waals surface area contributed by atoms with Gasteiger partial charge in [0.1, 0.15) is 0 Å². The maximum Gasteiger partial charge on any atom is 0.328 e. The number of carboxylic acid groups (broad SMARTS) is 1. The van der Waals surface area contributed by atoms with Crippen LogP contribution in [0.4, 0.5) is 0 Å². The van der Waals surface area contributed by atoms with Gasteiger partial charge in [-0.2, -0.15) is 0 Å². The number of aryl methyl sites for hydroxylation is 1. The van der Waals surface area contributed by atoms with Crippen molar-refractivity contribution >= 4 is 33.9 Å². The number of carbonyl (C=O) groups excluding carboxylic acids is 1. The highest BCUT2D eigenvalue weighted by molar-refractivity contribution is 9.10. The molecule has 1 N–H and O–H groups in total. The number of carboxylic acids is 1. The van der Waals surface area contributed by atoms with E-state index in [1.807, 2.05) is 12.1 Å². The molecule has 0 aliphatic rings. The van der Waals surface area contributed by atoms with E-state index in [0.29, 0.717) is 12.8 Å². The second-order valence-electron chi connectivity index (χ2n) is 3.64. The predicted molar refractivity (Wildman–Crippen MR) is 71.1 cm³/mol. The van der Waals surface area contributed by atoms with Gasteiger partial charge in [0.15, 0.2) is 0 Å². The van der Waals surface area contributed by atoms with E-state index in [0.717, 1.165) is 21.7 Å². The van der Waals surface area contributed by atoms with Crippen molar-refractivity contribution < 1.29 is 19.4 Å². The smallest absolute Gasteiger partial charge is 0.328 e. The summed E-state index contributed by atoms with van der Waals surface area (Å²) in [5.41, 5.74) is 1.71. The van der Waals surface area contributed by atoms with Crippen molar-refractivity contribution in [3.05, 3.63) is 39.9 Å². The molecule has 0 saturated heterocycles. The molecule has 5 heteroatoms. The molecule has 0 unspecified atom stereocenters. The number of hydrogen-bond acceptors (Lipinski definition) is 3. The highest BCUT2D eigenvalue weighted by Gasteiger charge is 2.03. The van der Waals surface area contributed by atoms with Gasteiger partial charge in [-0.25, -0.2) is 4.79 Å². The first-order valence-electron chi connectivity index (χ1n) is 5.28. The van der Waals surface area contributed by atoms with Crippen molar-refractivity contribution in [3.63, 3.8) is 0 Å². The van der Waals surface area contributed by atoms with Crippen molar-refractivity contribution in [3.8, 4) is 0 Å². The average molecular weight is 313 g/mol. The van der Waals surface area contributed by atoms with Crippen LogP contribution in [0.5, 0.6) is 0 Å². The number of esters is 1. The van der Waals surface area contributed by atoms with Crippen LogP contribution in [-0.4, -0.2) is 24.2 Å². The van der Waals surface area contributed by atoms with Gasteiger partial charge in [-0.05, 0) is 35.8 Å². The van der Waals surface area contributed by atoms with Crippen LogP contribution in [0.2, 0.25) is 0 Å². The Labute approximate surface area is 113 Å². The summed E-state index contributed by atoms with van der Waals surface area (Å²) < 4.78 is 5.41. The second-order valence-corrected chi connectivity index (χ2v) is 4.56. The molecule has 0 aliphatic heterocycles. The van der Waals surface area contributed by atoms with Crippen molar-refractivity contribution in [2.75, 3.05) is 7.11 Å². The summed E-state index contributed by atoms with van der Waals surface area (Å²) in [6.07, 6.45) is 3.44. The first kappa shape index (κ1) is 14.4. The summed E-state index contributed by atoms with van der Waals surface area (Å²) in [7, 11) is 1.35. The van der Waals surface area contributed by atoms with Crippen LogP contribution >= 0.6 is 15.9 Å². The maximum atomic E-state index is 11.0. The Kier molecular flexibility index (Phi) is 5.58. The van der Waals surface area contributed by atoms with Crippen LogP contribution in [0.1, 0.15) is 17.5 Å². The molecular weight excluding hydrogens is 300 g/mol. The van der Waals surface area contributed by atoms with Gasteiger partial charge in [-0.3, -0.25) is 4.79 Å². The number of halogens is 1. The van der Waals surface area contributed by atoms with Crippen molar-refractivity contribution in [2.45, 2.75) is 12.8 Å². The number of methoxy groups -OCH3 is 1. The fourth-order valence-electron chi connectivity index (χ4n) is 1.43. The molecule has 0 radical (unpaired) electrons. The molecule has 0 heterocycles. The minimum absolute atomic E-state index is 0.266. The van der Waals surface area contributed by atoms with Crippen LogP contribution in [0.3, 0.4) is 0 Å². The Bertz CT molecular complexity index is 480. The van der Waals surface area contributed by atoms with Crippen LogP contribution in [-0.2, 0) is 20.7 Å². The summed E-state index contributed by atoms with van der Waals surface area (Å²) >= 11 is 3.35. The third-order valence-corrected chi connectivity index (χ3v) is 2.70. The van der Waals surface area contributed by atoms with E-state index in [1.165, 1.54) is 13.2 Å². The lowest BCUT2D eigenvalue weighted by Gasteiger charge is -2.04. The minimum Gasteiger partial charge on any atom is -0.478 e. The fourth-order valence-corrected chi connectivity index (χ4v) is 1.99. The third-order valence-electron chi connectivity index (χ3n) is 2.24. The van der Waals surface area contributed by atoms with Gasteiger partial charge in [-0.1, -0.05) is 22.0 Å². The van der Waals surface area contributed by atoms with Crippen LogP contribution in [0.15, 0.2) is 28.7 Å². The fraction of sp³-hybridized carbons (Fsp3) is 0.231. The van der Waals surface area contributed by atoms with E-state index in [4.69, 9.17) is 5.11 Å². The average Bonchev–Trinajstić information content (AvgIpc) is 2.33. The Balaban J connectivity index is 2.80. The van der Waals surface area contributed by atoms with E-state index >= 15 is 0 Å². The summed E-state index contributed by atoms with van der Waals surface area (Å²) in [6, 6.07) is 5.54. The summed E-state index contributed by atoms with van der Waals surface area (Å²) in [5, 5.41) is 8.56. The van der Waals surface area contributed by atoms with E-state index in [9.17, 15) is 9.59 Å². The predicted octanol–water partition coefficient (Wildman–Crippen LogP) is 2.65. The van der Waals surface area contributed by atoms with Crippen LogP contribution in [0, 0.1) is 0 Å².